The smallest absolute Gasteiger partial charge is 0.226 e. The van der Waals surface area contributed by atoms with E-state index in [1.165, 1.54) is 55.2 Å². The predicted octanol–water partition coefficient (Wildman–Crippen LogP) is 8.98. The Kier molecular flexibility index (Phi) is 7.67. The number of fused-ring (bicyclic) bond motifs is 7. The highest BCUT2D eigenvalue weighted by molar-refractivity contribution is 5.84. The fourth-order valence-electron chi connectivity index (χ4n) is 12.8. The van der Waals surface area contributed by atoms with E-state index in [0.29, 0.717) is 40.4 Å². The molecule has 5 aliphatic rings. The topological polar surface area (TPSA) is 41.1 Å². The summed E-state index contributed by atoms with van der Waals surface area (Å²) < 4.78 is 0. The molecule has 6 rings (SSSR count). The van der Waals surface area contributed by atoms with Crippen molar-refractivity contribution in [2.24, 2.45) is 56.7 Å². The van der Waals surface area contributed by atoms with Crippen LogP contribution < -0.4 is 10.6 Å². The molecule has 1 aromatic rings. The van der Waals surface area contributed by atoms with Crippen LogP contribution in [0.1, 0.15) is 110 Å². The lowest BCUT2D eigenvalue weighted by molar-refractivity contribution is -0.225. The highest BCUT2D eigenvalue weighted by Crippen LogP contribution is 2.77. The second-order valence-corrected chi connectivity index (χ2v) is 17.1. The Morgan fingerprint density at radius 2 is 1.60 bits per heavy atom. The Bertz CT molecular complexity index is 1290. The van der Waals surface area contributed by atoms with Crippen molar-refractivity contribution in [2.75, 3.05) is 20.1 Å². The number of benzene rings is 1. The lowest BCUT2D eigenvalue weighted by Crippen LogP contribution is -2.66. The Morgan fingerprint density at radius 1 is 0.884 bits per heavy atom. The second kappa shape index (κ2) is 10.6. The minimum absolute atomic E-state index is 0.158. The van der Waals surface area contributed by atoms with Crippen molar-refractivity contribution in [1.82, 2.24) is 10.6 Å². The van der Waals surface area contributed by atoms with E-state index in [1.807, 2.05) is 7.05 Å². The predicted molar refractivity (Wildman–Crippen MR) is 180 cm³/mol. The van der Waals surface area contributed by atoms with Gasteiger partial charge in [0.15, 0.2) is 0 Å². The average molecular weight is 585 g/mol. The zero-order chi connectivity index (χ0) is 31.0. The van der Waals surface area contributed by atoms with Gasteiger partial charge in [-0.2, -0.15) is 0 Å². The number of allylic oxidation sites excluding steroid dienone is 3. The molecule has 0 radical (unpaired) electrons. The van der Waals surface area contributed by atoms with Gasteiger partial charge in [0.05, 0.1) is 5.41 Å². The molecule has 43 heavy (non-hydrogen) atoms. The van der Waals surface area contributed by atoms with Crippen LogP contribution in [0.2, 0.25) is 0 Å². The summed E-state index contributed by atoms with van der Waals surface area (Å²) in [7, 11) is 1.97. The molecule has 3 heteroatoms. The zero-order valence-electron chi connectivity index (χ0n) is 28.7. The van der Waals surface area contributed by atoms with Crippen LogP contribution in [-0.2, 0) is 4.79 Å². The quantitative estimate of drug-likeness (QED) is 0.259. The van der Waals surface area contributed by atoms with Gasteiger partial charge in [-0.25, -0.2) is 0 Å². The molecule has 0 saturated heterocycles. The molecule has 5 aliphatic carbocycles. The number of rotatable bonds is 6. The van der Waals surface area contributed by atoms with E-state index in [-0.39, 0.29) is 16.2 Å². The number of carbonyl (C=O) groups is 1. The molecule has 0 spiro atoms. The Morgan fingerprint density at radius 3 is 2.28 bits per heavy atom. The summed E-state index contributed by atoms with van der Waals surface area (Å²) in [4.78, 5) is 14.1. The normalized spacial score (nSPS) is 43.0. The molecule has 0 aromatic heterocycles. The summed E-state index contributed by atoms with van der Waals surface area (Å²) in [5.74, 6) is 3.24. The molecule has 0 unspecified atom stereocenters. The standard InChI is InChI=1S/C40H60N2O/c1-26(2)29-16-21-40(35(43)42-25-24-41-9)23-22-38(7)31(34(29)40)14-15-33-37(6)19-17-30(28-12-10-27(3)11-13-28)36(4,5)32(37)18-20-39(33,38)8/h10-13,17,29,31-34,41H,1,14-16,18-25H2,2-9H3,(H,42,43)/t29-,31+,32-,33+,34+,37-,38+,39+,40-/m0/s1. The van der Waals surface area contributed by atoms with Crippen molar-refractivity contribution >= 4 is 11.5 Å². The van der Waals surface area contributed by atoms with E-state index in [9.17, 15) is 4.79 Å². The molecule has 236 valence electrons. The summed E-state index contributed by atoms with van der Waals surface area (Å²) in [6.45, 7) is 23.7. The first-order valence-corrected chi connectivity index (χ1v) is 17.6. The van der Waals surface area contributed by atoms with E-state index in [1.54, 1.807) is 5.57 Å². The summed E-state index contributed by atoms with van der Waals surface area (Å²) in [5.41, 5.74) is 6.44. The van der Waals surface area contributed by atoms with Crippen LogP contribution in [0.3, 0.4) is 0 Å². The SMILES string of the molecule is C=C(C)[C@@H]1CC[C@]2(C(=O)NCCNC)CC[C@]3(C)[C@H](CC[C@@H]4[C@@]5(C)CC=C(c6ccc(C)cc6)C(C)(C)[C@@H]5CC[C@]43C)[C@@H]12. The maximum atomic E-state index is 14.1. The van der Waals surface area contributed by atoms with Crippen molar-refractivity contribution in [3.05, 3.63) is 53.6 Å². The van der Waals surface area contributed by atoms with E-state index in [2.05, 4.69) is 96.0 Å². The monoisotopic (exact) mass is 584 g/mol. The number of amides is 1. The molecule has 0 bridgehead atoms. The summed E-state index contributed by atoms with van der Waals surface area (Å²) >= 11 is 0. The van der Waals surface area contributed by atoms with Crippen LogP contribution in [0.5, 0.6) is 0 Å². The third kappa shape index (κ3) is 4.33. The minimum Gasteiger partial charge on any atom is -0.354 e. The first kappa shape index (κ1) is 31.1. The van der Waals surface area contributed by atoms with Gasteiger partial charge in [0.2, 0.25) is 5.91 Å². The second-order valence-electron chi connectivity index (χ2n) is 17.1. The van der Waals surface area contributed by atoms with Crippen LogP contribution in [0.25, 0.3) is 5.57 Å². The first-order valence-electron chi connectivity index (χ1n) is 17.6. The van der Waals surface area contributed by atoms with Crippen molar-refractivity contribution in [3.8, 4) is 0 Å². The molecule has 4 fully saturated rings. The third-order valence-electron chi connectivity index (χ3n) is 15.1. The first-order chi connectivity index (χ1) is 20.3. The van der Waals surface area contributed by atoms with Gasteiger partial charge < -0.3 is 10.6 Å². The number of carbonyl (C=O) groups excluding carboxylic acids is 1. The lowest BCUT2D eigenvalue weighted by atomic mass is 9.32. The van der Waals surface area contributed by atoms with Gasteiger partial charge in [0.25, 0.3) is 0 Å². The van der Waals surface area contributed by atoms with Crippen LogP contribution in [0.15, 0.2) is 42.5 Å². The van der Waals surface area contributed by atoms with Gasteiger partial charge in [-0.1, -0.05) is 82.7 Å². The maximum Gasteiger partial charge on any atom is 0.226 e. The molecule has 0 heterocycles. The van der Waals surface area contributed by atoms with Gasteiger partial charge in [0, 0.05) is 13.1 Å². The van der Waals surface area contributed by atoms with Crippen molar-refractivity contribution < 1.29 is 4.79 Å². The molecule has 3 nitrogen and oxygen atoms in total. The number of hydrogen-bond acceptors (Lipinski definition) is 2. The van der Waals surface area contributed by atoms with Crippen molar-refractivity contribution in [3.63, 3.8) is 0 Å². The maximum absolute atomic E-state index is 14.1. The molecule has 2 N–H and O–H groups in total. The molecular formula is C40H60N2O. The van der Waals surface area contributed by atoms with Crippen LogP contribution >= 0.6 is 0 Å². The molecule has 9 atom stereocenters. The Hall–Kier alpha value is -1.87. The Balaban J connectivity index is 1.35. The average Bonchev–Trinajstić information content (AvgIpc) is 3.35. The van der Waals surface area contributed by atoms with Crippen molar-refractivity contribution in [1.29, 1.82) is 0 Å². The third-order valence-corrected chi connectivity index (χ3v) is 15.1. The van der Waals surface area contributed by atoms with Crippen LogP contribution in [-0.4, -0.2) is 26.0 Å². The summed E-state index contributed by atoms with van der Waals surface area (Å²) in [5, 5.41) is 6.60. The highest BCUT2D eigenvalue weighted by atomic mass is 16.2. The summed E-state index contributed by atoms with van der Waals surface area (Å²) in [6.07, 6.45) is 13.5. The fourth-order valence-corrected chi connectivity index (χ4v) is 12.8. The van der Waals surface area contributed by atoms with E-state index >= 15 is 0 Å². The zero-order valence-corrected chi connectivity index (χ0v) is 28.7. The fraction of sp³-hybridized carbons (Fsp3) is 0.725. The van der Waals surface area contributed by atoms with Gasteiger partial charge in [0.1, 0.15) is 0 Å². The number of nitrogens with one attached hydrogen (secondary N) is 2. The molecule has 0 aliphatic heterocycles. The van der Waals surface area contributed by atoms with Gasteiger partial charge >= 0.3 is 0 Å². The van der Waals surface area contributed by atoms with E-state index < -0.39 is 0 Å². The van der Waals surface area contributed by atoms with E-state index in [4.69, 9.17) is 0 Å². The Labute approximate surface area is 263 Å². The van der Waals surface area contributed by atoms with Crippen LogP contribution in [0, 0.1) is 63.6 Å². The molecular weight excluding hydrogens is 524 g/mol. The van der Waals surface area contributed by atoms with E-state index in [0.717, 1.165) is 38.3 Å². The van der Waals surface area contributed by atoms with Gasteiger partial charge in [-0.05, 0) is 141 Å². The molecule has 1 aromatic carbocycles. The molecule has 1 amide bonds. The number of aryl methyl sites for hydroxylation is 1. The minimum atomic E-state index is -0.218. The van der Waals surface area contributed by atoms with Crippen LogP contribution in [0.4, 0.5) is 0 Å². The largest absolute Gasteiger partial charge is 0.354 e. The van der Waals surface area contributed by atoms with Crippen molar-refractivity contribution in [2.45, 2.75) is 106 Å². The number of likely N-dealkylation sites (N-methyl/N-ethyl adjacent to an activating group) is 1. The highest BCUT2D eigenvalue weighted by Gasteiger charge is 2.71. The van der Waals surface area contributed by atoms with Gasteiger partial charge in [-0.3, -0.25) is 4.79 Å². The lowest BCUT2D eigenvalue weighted by Gasteiger charge is -2.72. The van der Waals surface area contributed by atoms with Gasteiger partial charge in [-0.15, -0.1) is 0 Å². The summed E-state index contributed by atoms with van der Waals surface area (Å²) in [6, 6.07) is 9.28. The number of hydrogen-bond donors (Lipinski definition) is 2. The molecule has 4 saturated carbocycles.